The van der Waals surface area contributed by atoms with E-state index in [4.69, 9.17) is 4.74 Å². The minimum absolute atomic E-state index is 0.0229. The highest BCUT2D eigenvalue weighted by Gasteiger charge is 2.11. The highest BCUT2D eigenvalue weighted by atomic mass is 16.5. The molecule has 0 aliphatic carbocycles. The smallest absolute Gasteiger partial charge is 0.219 e. The molecule has 1 aromatic rings. The average Bonchev–Trinajstić information content (AvgIpc) is 2.17. The van der Waals surface area contributed by atoms with Crippen molar-refractivity contribution in [3.63, 3.8) is 0 Å². The van der Waals surface area contributed by atoms with E-state index in [1.54, 1.807) is 0 Å². The number of hydrogen-bond donors (Lipinski definition) is 1. The molecule has 1 aromatic heterocycles. The predicted octanol–water partition coefficient (Wildman–Crippen LogP) is 2.37. The first-order valence-corrected chi connectivity index (χ1v) is 5.33. The second-order valence-corrected chi connectivity index (χ2v) is 3.86. The number of aromatic nitrogens is 1. The number of rotatable bonds is 4. The third-order valence-electron chi connectivity index (χ3n) is 2.48. The monoisotopic (exact) mass is 209 g/mol. The van der Waals surface area contributed by atoms with Crippen molar-refractivity contribution in [2.75, 3.05) is 0 Å². The normalized spacial score (nSPS) is 12.6. The van der Waals surface area contributed by atoms with Crippen LogP contribution in [0.2, 0.25) is 0 Å². The van der Waals surface area contributed by atoms with Gasteiger partial charge in [-0.25, -0.2) is 4.98 Å². The van der Waals surface area contributed by atoms with Crippen molar-refractivity contribution in [1.29, 1.82) is 0 Å². The van der Waals surface area contributed by atoms with Crippen LogP contribution < -0.4 is 4.74 Å². The Hall–Kier alpha value is -1.09. The van der Waals surface area contributed by atoms with Gasteiger partial charge in [-0.2, -0.15) is 0 Å². The van der Waals surface area contributed by atoms with E-state index in [9.17, 15) is 5.11 Å². The highest BCUT2D eigenvalue weighted by molar-refractivity contribution is 5.35. The van der Waals surface area contributed by atoms with E-state index >= 15 is 0 Å². The van der Waals surface area contributed by atoms with E-state index in [-0.39, 0.29) is 12.7 Å². The Kier molecular flexibility index (Phi) is 4.09. The van der Waals surface area contributed by atoms with Crippen LogP contribution in [0.4, 0.5) is 0 Å². The molecule has 0 aliphatic rings. The first kappa shape index (κ1) is 12.0. The molecule has 1 unspecified atom stereocenters. The molecule has 1 N–H and O–H groups in total. The molecule has 0 amide bonds. The number of ether oxygens (including phenoxy) is 1. The molecule has 1 heterocycles. The molecule has 0 spiro atoms. The van der Waals surface area contributed by atoms with Gasteiger partial charge in [0.15, 0.2) is 0 Å². The summed E-state index contributed by atoms with van der Waals surface area (Å²) in [7, 11) is 0. The Labute approximate surface area is 91.1 Å². The highest BCUT2D eigenvalue weighted by Crippen LogP contribution is 2.22. The molecule has 84 valence electrons. The van der Waals surface area contributed by atoms with Gasteiger partial charge >= 0.3 is 0 Å². The van der Waals surface area contributed by atoms with Crippen molar-refractivity contribution < 1.29 is 9.84 Å². The second-order valence-electron chi connectivity index (χ2n) is 3.86. The molecule has 1 rings (SSSR count). The summed E-state index contributed by atoms with van der Waals surface area (Å²) < 4.78 is 5.68. The van der Waals surface area contributed by atoms with E-state index < -0.39 is 0 Å². The summed E-state index contributed by atoms with van der Waals surface area (Å²) >= 11 is 0. The number of nitrogens with zero attached hydrogens (tertiary/aromatic N) is 1. The van der Waals surface area contributed by atoms with Crippen molar-refractivity contribution in [3.8, 4) is 5.88 Å². The lowest BCUT2D eigenvalue weighted by molar-refractivity contribution is 0.196. The molecule has 0 radical (unpaired) electrons. The summed E-state index contributed by atoms with van der Waals surface area (Å²) in [5.41, 5.74) is 2.74. The van der Waals surface area contributed by atoms with Crippen molar-refractivity contribution in [2.24, 2.45) is 0 Å². The number of aliphatic hydroxyl groups excluding tert-OH is 1. The molecule has 1 atom stereocenters. The predicted molar refractivity (Wildman–Crippen MR) is 60.0 cm³/mol. The summed E-state index contributed by atoms with van der Waals surface area (Å²) in [6, 6.07) is 1.95. The number of pyridine rings is 1. The fraction of sp³-hybridized carbons (Fsp3) is 0.583. The minimum atomic E-state index is -0.0229. The van der Waals surface area contributed by atoms with E-state index in [1.165, 1.54) is 0 Å². The van der Waals surface area contributed by atoms with Gasteiger partial charge in [-0.3, -0.25) is 0 Å². The maximum Gasteiger partial charge on any atom is 0.219 e. The third kappa shape index (κ3) is 2.93. The van der Waals surface area contributed by atoms with Gasteiger partial charge in [-0.15, -0.1) is 0 Å². The molecule has 0 aromatic carbocycles. The van der Waals surface area contributed by atoms with Gasteiger partial charge in [0.05, 0.1) is 12.7 Å². The summed E-state index contributed by atoms with van der Waals surface area (Å²) in [6.45, 7) is 7.93. The van der Waals surface area contributed by atoms with Crippen LogP contribution in [-0.2, 0) is 6.61 Å². The van der Waals surface area contributed by atoms with Gasteiger partial charge in [0, 0.05) is 11.3 Å². The van der Waals surface area contributed by atoms with Gasteiger partial charge in [0.1, 0.15) is 0 Å². The zero-order chi connectivity index (χ0) is 11.4. The largest absolute Gasteiger partial charge is 0.474 e. The maximum atomic E-state index is 9.26. The Morgan fingerprint density at radius 2 is 2.13 bits per heavy atom. The van der Waals surface area contributed by atoms with Crippen molar-refractivity contribution in [3.05, 3.63) is 22.9 Å². The summed E-state index contributed by atoms with van der Waals surface area (Å²) in [5, 5.41) is 9.26. The molecule has 0 saturated heterocycles. The molecule has 0 saturated carbocycles. The summed E-state index contributed by atoms with van der Waals surface area (Å²) in [4.78, 5) is 4.31. The standard InChI is InChI=1S/C12H19NO2/c1-5-10(4)15-12-11(7-14)8(2)6-9(3)13-12/h6,10,14H,5,7H2,1-4H3. The third-order valence-corrected chi connectivity index (χ3v) is 2.48. The van der Waals surface area contributed by atoms with E-state index in [0.717, 1.165) is 23.2 Å². The number of aliphatic hydroxyl groups is 1. The van der Waals surface area contributed by atoms with Crippen LogP contribution in [0.3, 0.4) is 0 Å². The minimum Gasteiger partial charge on any atom is -0.474 e. The molecular weight excluding hydrogens is 190 g/mol. The average molecular weight is 209 g/mol. The first-order chi connectivity index (χ1) is 7.08. The molecular formula is C12H19NO2. The molecule has 0 fully saturated rings. The van der Waals surface area contributed by atoms with Crippen LogP contribution in [0.25, 0.3) is 0 Å². The van der Waals surface area contributed by atoms with Crippen LogP contribution in [0.5, 0.6) is 5.88 Å². The molecule has 0 aliphatic heterocycles. The number of aryl methyl sites for hydroxylation is 2. The van der Waals surface area contributed by atoms with Crippen LogP contribution >= 0.6 is 0 Å². The van der Waals surface area contributed by atoms with Gasteiger partial charge in [-0.1, -0.05) is 6.92 Å². The lowest BCUT2D eigenvalue weighted by atomic mass is 10.1. The Balaban J connectivity index is 3.03. The SMILES string of the molecule is CCC(C)Oc1nc(C)cc(C)c1CO. The Bertz CT molecular complexity index is 337. The first-order valence-electron chi connectivity index (χ1n) is 5.33. The van der Waals surface area contributed by atoms with Crippen LogP contribution in [-0.4, -0.2) is 16.2 Å². The lowest BCUT2D eigenvalue weighted by Crippen LogP contribution is -2.13. The fourth-order valence-electron chi connectivity index (χ4n) is 1.39. The quantitative estimate of drug-likeness (QED) is 0.827. The van der Waals surface area contributed by atoms with Crippen LogP contribution in [0, 0.1) is 13.8 Å². The van der Waals surface area contributed by atoms with Crippen LogP contribution in [0.15, 0.2) is 6.07 Å². The van der Waals surface area contributed by atoms with Gasteiger partial charge in [0.2, 0.25) is 5.88 Å². The second kappa shape index (κ2) is 5.12. The molecule has 0 bridgehead atoms. The van der Waals surface area contributed by atoms with Crippen molar-refractivity contribution >= 4 is 0 Å². The van der Waals surface area contributed by atoms with Crippen LogP contribution in [0.1, 0.15) is 37.1 Å². The molecule has 15 heavy (non-hydrogen) atoms. The van der Waals surface area contributed by atoms with E-state index in [0.29, 0.717) is 5.88 Å². The zero-order valence-electron chi connectivity index (χ0n) is 9.87. The Morgan fingerprint density at radius 3 is 2.67 bits per heavy atom. The van der Waals surface area contributed by atoms with Gasteiger partial charge < -0.3 is 9.84 Å². The Morgan fingerprint density at radius 1 is 1.47 bits per heavy atom. The van der Waals surface area contributed by atoms with Crippen molar-refractivity contribution in [1.82, 2.24) is 4.98 Å². The fourth-order valence-corrected chi connectivity index (χ4v) is 1.39. The van der Waals surface area contributed by atoms with Gasteiger partial charge in [0.25, 0.3) is 0 Å². The van der Waals surface area contributed by atoms with E-state index in [2.05, 4.69) is 11.9 Å². The van der Waals surface area contributed by atoms with Gasteiger partial charge in [-0.05, 0) is 38.8 Å². The molecule has 3 heteroatoms. The van der Waals surface area contributed by atoms with Crippen molar-refractivity contribution in [2.45, 2.75) is 46.8 Å². The molecule has 3 nitrogen and oxygen atoms in total. The topological polar surface area (TPSA) is 42.4 Å². The number of hydrogen-bond acceptors (Lipinski definition) is 3. The summed E-state index contributed by atoms with van der Waals surface area (Å²) in [5.74, 6) is 0.573. The zero-order valence-corrected chi connectivity index (χ0v) is 9.87. The van der Waals surface area contributed by atoms with E-state index in [1.807, 2.05) is 26.8 Å². The lowest BCUT2D eigenvalue weighted by Gasteiger charge is -2.16. The summed E-state index contributed by atoms with van der Waals surface area (Å²) in [6.07, 6.45) is 1.06. The maximum absolute atomic E-state index is 9.26.